The lowest BCUT2D eigenvalue weighted by atomic mass is 10.1. The van der Waals surface area contributed by atoms with Crippen molar-refractivity contribution < 1.29 is 4.79 Å². The van der Waals surface area contributed by atoms with Crippen LogP contribution in [-0.4, -0.2) is 12.6 Å². The summed E-state index contributed by atoms with van der Waals surface area (Å²) in [5.41, 5.74) is 1.92. The van der Waals surface area contributed by atoms with Gasteiger partial charge in [0.25, 0.3) is 0 Å². The first-order chi connectivity index (χ1) is 9.65. The molecule has 2 amide bonds. The Labute approximate surface area is 136 Å². The highest BCUT2D eigenvalue weighted by Gasteiger charge is 2.03. The maximum Gasteiger partial charge on any atom is 0.319 e. The van der Waals surface area contributed by atoms with Crippen LogP contribution in [-0.2, 0) is 6.42 Å². The zero-order valence-corrected chi connectivity index (χ0v) is 13.6. The molecule has 0 saturated heterocycles. The van der Waals surface area contributed by atoms with Crippen molar-refractivity contribution in [2.75, 3.05) is 11.9 Å². The Morgan fingerprint density at radius 1 is 1.15 bits per heavy atom. The fraction of sp³-hybridized carbons (Fsp3) is 0.133. The van der Waals surface area contributed by atoms with Crippen molar-refractivity contribution in [3.8, 4) is 0 Å². The summed E-state index contributed by atoms with van der Waals surface area (Å²) >= 11 is 8.10. The minimum absolute atomic E-state index is 0.198. The van der Waals surface area contributed by atoms with Gasteiger partial charge < -0.3 is 10.6 Å². The Hall–Kier alpha value is -1.27. The summed E-state index contributed by atoms with van der Waals surface area (Å²) in [5.74, 6) is 0. The van der Waals surface area contributed by atoms with Crippen LogP contribution in [0.4, 0.5) is 10.5 Å². The average molecular weight is 401 g/mol. The Bertz CT molecular complexity index is 604. The molecule has 0 spiro atoms. The van der Waals surface area contributed by atoms with E-state index in [0.29, 0.717) is 11.6 Å². The molecule has 104 valence electrons. The first-order valence-electron chi connectivity index (χ1n) is 6.19. The molecule has 0 aliphatic rings. The van der Waals surface area contributed by atoms with Gasteiger partial charge in [0.1, 0.15) is 0 Å². The van der Waals surface area contributed by atoms with Crippen LogP contribution < -0.4 is 10.6 Å². The summed E-state index contributed by atoms with van der Waals surface area (Å²) in [6.07, 6.45) is 0.750. The number of hydrogen-bond acceptors (Lipinski definition) is 1. The molecule has 0 heterocycles. The molecule has 0 atom stereocenters. The van der Waals surface area contributed by atoms with Crippen LogP contribution >= 0.6 is 34.2 Å². The number of carbonyl (C=O) groups is 1. The van der Waals surface area contributed by atoms with Gasteiger partial charge in [-0.25, -0.2) is 4.79 Å². The van der Waals surface area contributed by atoms with Crippen molar-refractivity contribution in [2.24, 2.45) is 0 Å². The zero-order valence-electron chi connectivity index (χ0n) is 10.7. The largest absolute Gasteiger partial charge is 0.338 e. The van der Waals surface area contributed by atoms with Crippen LogP contribution in [0.15, 0.2) is 48.5 Å². The molecule has 0 radical (unpaired) electrons. The molecule has 20 heavy (non-hydrogen) atoms. The van der Waals surface area contributed by atoms with Gasteiger partial charge in [0.2, 0.25) is 0 Å². The number of urea groups is 1. The van der Waals surface area contributed by atoms with Gasteiger partial charge in [0.15, 0.2) is 0 Å². The topological polar surface area (TPSA) is 41.1 Å². The second-order valence-corrected chi connectivity index (χ2v) is 5.84. The van der Waals surface area contributed by atoms with Crippen molar-refractivity contribution in [1.82, 2.24) is 5.32 Å². The van der Waals surface area contributed by atoms with Gasteiger partial charge in [-0.3, -0.25) is 0 Å². The highest BCUT2D eigenvalue weighted by atomic mass is 127. The van der Waals surface area contributed by atoms with E-state index >= 15 is 0 Å². The number of hydrogen-bond donors (Lipinski definition) is 2. The molecule has 0 aliphatic carbocycles. The SMILES string of the molecule is O=C(NCCc1cccc(Cl)c1)Nc1ccccc1I. The number of para-hydroxylation sites is 1. The normalized spacial score (nSPS) is 10.1. The van der Waals surface area contributed by atoms with Crippen molar-refractivity contribution in [3.05, 3.63) is 62.7 Å². The van der Waals surface area contributed by atoms with E-state index in [1.165, 1.54) is 0 Å². The molecule has 0 unspecified atom stereocenters. The van der Waals surface area contributed by atoms with E-state index in [9.17, 15) is 4.79 Å². The Morgan fingerprint density at radius 2 is 1.95 bits per heavy atom. The molecule has 0 saturated carbocycles. The van der Waals surface area contributed by atoms with E-state index in [1.807, 2.05) is 48.5 Å². The Kier molecular flexibility index (Phi) is 5.67. The number of halogens is 2. The summed E-state index contributed by atoms with van der Waals surface area (Å²) in [5, 5.41) is 6.37. The maximum atomic E-state index is 11.8. The third kappa shape index (κ3) is 4.68. The lowest BCUT2D eigenvalue weighted by molar-refractivity contribution is 0.252. The first-order valence-corrected chi connectivity index (χ1v) is 7.64. The predicted molar refractivity (Wildman–Crippen MR) is 91.3 cm³/mol. The fourth-order valence-corrected chi connectivity index (χ4v) is 2.48. The van der Waals surface area contributed by atoms with Crippen molar-refractivity contribution in [2.45, 2.75) is 6.42 Å². The Balaban J connectivity index is 1.80. The van der Waals surface area contributed by atoms with E-state index in [0.717, 1.165) is 21.2 Å². The molecule has 2 N–H and O–H groups in total. The Morgan fingerprint density at radius 3 is 2.70 bits per heavy atom. The molecule has 2 aromatic rings. The third-order valence-electron chi connectivity index (χ3n) is 2.71. The first kappa shape index (κ1) is 15.1. The number of benzene rings is 2. The second kappa shape index (κ2) is 7.50. The van der Waals surface area contributed by atoms with Gasteiger partial charge in [0.05, 0.1) is 5.69 Å². The number of rotatable bonds is 4. The summed E-state index contributed by atoms with van der Waals surface area (Å²) in [4.78, 5) is 11.8. The van der Waals surface area contributed by atoms with E-state index in [-0.39, 0.29) is 6.03 Å². The van der Waals surface area contributed by atoms with Gasteiger partial charge in [-0.2, -0.15) is 0 Å². The minimum Gasteiger partial charge on any atom is -0.338 e. The van der Waals surface area contributed by atoms with Crippen LogP contribution in [0.2, 0.25) is 5.02 Å². The molecule has 2 aromatic carbocycles. The van der Waals surface area contributed by atoms with Crippen LogP contribution in [0.3, 0.4) is 0 Å². The van der Waals surface area contributed by atoms with Crippen molar-refractivity contribution in [1.29, 1.82) is 0 Å². The number of anilines is 1. The maximum absolute atomic E-state index is 11.8. The van der Waals surface area contributed by atoms with Gasteiger partial charge in [0, 0.05) is 15.1 Å². The van der Waals surface area contributed by atoms with Gasteiger partial charge in [-0.15, -0.1) is 0 Å². The standard InChI is InChI=1S/C15H14ClIN2O/c16-12-5-3-4-11(10-12)8-9-18-15(20)19-14-7-2-1-6-13(14)17/h1-7,10H,8-9H2,(H2,18,19,20). The summed E-state index contributed by atoms with van der Waals surface area (Å²) < 4.78 is 1.01. The van der Waals surface area contributed by atoms with E-state index in [2.05, 4.69) is 33.2 Å². The van der Waals surface area contributed by atoms with Gasteiger partial charge in [-0.1, -0.05) is 35.9 Å². The summed E-state index contributed by atoms with van der Waals surface area (Å²) in [6.45, 7) is 0.565. The molecule has 0 fully saturated rings. The molecule has 2 rings (SSSR count). The smallest absolute Gasteiger partial charge is 0.319 e. The summed E-state index contributed by atoms with van der Waals surface area (Å²) in [6, 6.07) is 15.1. The monoisotopic (exact) mass is 400 g/mol. The van der Waals surface area contributed by atoms with Gasteiger partial charge in [-0.05, 0) is 58.8 Å². The van der Waals surface area contributed by atoms with E-state index in [4.69, 9.17) is 11.6 Å². The molecule has 5 heteroatoms. The highest BCUT2D eigenvalue weighted by Crippen LogP contribution is 2.16. The number of amides is 2. The molecule has 3 nitrogen and oxygen atoms in total. The van der Waals surface area contributed by atoms with Crippen molar-refractivity contribution in [3.63, 3.8) is 0 Å². The minimum atomic E-state index is -0.198. The highest BCUT2D eigenvalue weighted by molar-refractivity contribution is 14.1. The number of nitrogens with one attached hydrogen (secondary N) is 2. The average Bonchev–Trinajstić information content (AvgIpc) is 2.41. The third-order valence-corrected chi connectivity index (χ3v) is 3.89. The fourth-order valence-electron chi connectivity index (χ4n) is 1.74. The van der Waals surface area contributed by atoms with Crippen LogP contribution in [0, 0.1) is 3.57 Å². The van der Waals surface area contributed by atoms with Crippen LogP contribution in [0.5, 0.6) is 0 Å². The van der Waals surface area contributed by atoms with Gasteiger partial charge >= 0.3 is 6.03 Å². The number of carbonyl (C=O) groups excluding carboxylic acids is 1. The van der Waals surface area contributed by atoms with E-state index < -0.39 is 0 Å². The van der Waals surface area contributed by atoms with Crippen LogP contribution in [0.1, 0.15) is 5.56 Å². The molecular weight excluding hydrogens is 387 g/mol. The lowest BCUT2D eigenvalue weighted by Crippen LogP contribution is -2.30. The molecular formula is C15H14ClIN2O. The second-order valence-electron chi connectivity index (χ2n) is 4.24. The predicted octanol–water partition coefficient (Wildman–Crippen LogP) is 4.31. The molecule has 0 bridgehead atoms. The molecule has 0 aliphatic heterocycles. The van der Waals surface area contributed by atoms with Crippen LogP contribution in [0.25, 0.3) is 0 Å². The quantitative estimate of drug-likeness (QED) is 0.738. The van der Waals surface area contributed by atoms with Crippen molar-refractivity contribution >= 4 is 45.9 Å². The summed E-state index contributed by atoms with van der Waals surface area (Å²) in [7, 11) is 0. The molecule has 0 aromatic heterocycles. The lowest BCUT2D eigenvalue weighted by Gasteiger charge is -2.09. The van der Waals surface area contributed by atoms with E-state index in [1.54, 1.807) is 0 Å². The zero-order chi connectivity index (χ0) is 14.4.